The minimum absolute atomic E-state index is 0.0776. The van der Waals surface area contributed by atoms with Gasteiger partial charge in [0.05, 0.1) is 0 Å². The summed E-state index contributed by atoms with van der Waals surface area (Å²) >= 11 is 0. The highest BCUT2D eigenvalue weighted by molar-refractivity contribution is 5.93. The highest BCUT2D eigenvalue weighted by atomic mass is 16.6. The molecule has 10 heteroatoms. The Morgan fingerprint density at radius 3 is 2.12 bits per heavy atom. The van der Waals surface area contributed by atoms with Crippen molar-refractivity contribution in [3.8, 4) is 5.75 Å². The molecule has 0 saturated heterocycles. The number of phenols is 1. The second kappa shape index (κ2) is 13.7. The summed E-state index contributed by atoms with van der Waals surface area (Å²) in [4.78, 5) is 54.8. The van der Waals surface area contributed by atoms with Crippen LogP contribution < -0.4 is 10.6 Å². The van der Waals surface area contributed by atoms with Crippen molar-refractivity contribution < 1.29 is 33.8 Å². The van der Waals surface area contributed by atoms with E-state index in [4.69, 9.17) is 9.47 Å². The fraction of sp³-hybridized carbons (Fsp3) is 0.500. The van der Waals surface area contributed by atoms with E-state index >= 15 is 0 Å². The van der Waals surface area contributed by atoms with Crippen LogP contribution in [-0.4, -0.2) is 63.7 Å². The van der Waals surface area contributed by atoms with Gasteiger partial charge in [-0.25, -0.2) is 9.59 Å². The third-order valence-corrected chi connectivity index (χ3v) is 6.54. The average Bonchev–Trinajstić information content (AvgIpc) is 2.84. The van der Waals surface area contributed by atoms with Crippen LogP contribution in [0.4, 0.5) is 4.79 Å². The standard InChI is InChI=1S/C32H43N3O7/c1-31(2,3)41-29(39)25(18-21-12-8-7-9-13-21)34-28(38)27(22-14-10-17-24(36)19-22)35(23-15-11-16-23)26(37)20-33-30(40)42-32(4,5)6/h7-10,12-14,17,19,23,25,27,36H,11,15-16,18,20H2,1-6H3,(H,33,40)(H,34,38). The first-order chi connectivity index (χ1) is 19.6. The fourth-order valence-corrected chi connectivity index (χ4v) is 4.58. The van der Waals surface area contributed by atoms with Crippen LogP contribution in [0.1, 0.15) is 78.0 Å². The zero-order chi connectivity index (χ0) is 31.1. The molecule has 0 aliphatic heterocycles. The SMILES string of the molecule is CC(C)(C)OC(=O)NCC(=O)N(C1CCC1)C(C(=O)NC(Cc1ccccc1)C(=O)OC(C)(C)C)c1cccc(O)c1. The first-order valence-electron chi connectivity index (χ1n) is 14.3. The number of alkyl carbamates (subject to hydrolysis) is 1. The molecular weight excluding hydrogens is 538 g/mol. The highest BCUT2D eigenvalue weighted by Crippen LogP contribution is 2.34. The number of carbonyl (C=O) groups is 4. The summed E-state index contributed by atoms with van der Waals surface area (Å²) in [5.74, 6) is -1.79. The molecule has 3 rings (SSSR count). The molecule has 1 fully saturated rings. The molecule has 2 aromatic carbocycles. The van der Waals surface area contributed by atoms with Gasteiger partial charge in [-0.1, -0.05) is 42.5 Å². The average molecular weight is 582 g/mol. The molecule has 42 heavy (non-hydrogen) atoms. The van der Waals surface area contributed by atoms with Gasteiger partial charge in [-0.15, -0.1) is 0 Å². The number of phenolic OH excluding ortho intramolecular Hbond substituents is 1. The van der Waals surface area contributed by atoms with Gasteiger partial charge < -0.3 is 30.1 Å². The number of nitrogens with zero attached hydrogens (tertiary/aromatic N) is 1. The summed E-state index contributed by atoms with van der Waals surface area (Å²) in [6, 6.07) is 12.9. The first kappa shape index (κ1) is 32.4. The number of ether oxygens (including phenoxy) is 2. The Morgan fingerprint density at radius 2 is 1.57 bits per heavy atom. The van der Waals surface area contributed by atoms with Gasteiger partial charge in [-0.2, -0.15) is 0 Å². The summed E-state index contributed by atoms with van der Waals surface area (Å²) in [5.41, 5.74) is -0.355. The molecule has 1 aliphatic rings. The monoisotopic (exact) mass is 581 g/mol. The molecular formula is C32H43N3O7. The molecule has 0 heterocycles. The van der Waals surface area contributed by atoms with Crippen molar-refractivity contribution >= 4 is 23.9 Å². The van der Waals surface area contributed by atoms with Crippen molar-refractivity contribution in [1.82, 2.24) is 15.5 Å². The molecule has 3 N–H and O–H groups in total. The molecule has 2 unspecified atom stereocenters. The van der Waals surface area contributed by atoms with E-state index in [1.165, 1.54) is 17.0 Å². The third-order valence-electron chi connectivity index (χ3n) is 6.54. The van der Waals surface area contributed by atoms with Crippen LogP contribution in [0.5, 0.6) is 5.75 Å². The van der Waals surface area contributed by atoms with Crippen molar-refractivity contribution in [3.63, 3.8) is 0 Å². The Morgan fingerprint density at radius 1 is 0.929 bits per heavy atom. The number of esters is 1. The Hall–Kier alpha value is -4.08. The Bertz CT molecular complexity index is 1250. The minimum atomic E-state index is -1.18. The van der Waals surface area contributed by atoms with Crippen LogP contribution in [0.15, 0.2) is 54.6 Å². The maximum atomic E-state index is 14.1. The molecule has 1 aliphatic carbocycles. The van der Waals surface area contributed by atoms with E-state index in [9.17, 15) is 24.3 Å². The summed E-state index contributed by atoms with van der Waals surface area (Å²) in [5, 5.41) is 15.6. The van der Waals surface area contributed by atoms with Crippen molar-refractivity contribution in [1.29, 1.82) is 0 Å². The summed E-state index contributed by atoms with van der Waals surface area (Å²) in [7, 11) is 0. The first-order valence-corrected chi connectivity index (χ1v) is 14.3. The lowest BCUT2D eigenvalue weighted by Crippen LogP contribution is -2.56. The molecule has 10 nitrogen and oxygen atoms in total. The van der Waals surface area contributed by atoms with Crippen molar-refractivity contribution in [2.75, 3.05) is 6.54 Å². The van der Waals surface area contributed by atoms with E-state index in [1.54, 1.807) is 53.7 Å². The number of benzene rings is 2. The lowest BCUT2D eigenvalue weighted by atomic mass is 9.88. The molecule has 2 aromatic rings. The highest BCUT2D eigenvalue weighted by Gasteiger charge is 2.40. The van der Waals surface area contributed by atoms with Gasteiger partial charge in [0.15, 0.2) is 0 Å². The summed E-state index contributed by atoms with van der Waals surface area (Å²) in [6.07, 6.45) is 1.62. The minimum Gasteiger partial charge on any atom is -0.508 e. The smallest absolute Gasteiger partial charge is 0.408 e. The van der Waals surface area contributed by atoms with Gasteiger partial charge in [0.1, 0.15) is 35.6 Å². The van der Waals surface area contributed by atoms with E-state index in [1.807, 2.05) is 30.3 Å². The quantitative estimate of drug-likeness (QED) is 0.354. The normalized spacial score (nSPS) is 15.0. The topological polar surface area (TPSA) is 134 Å². The van der Waals surface area contributed by atoms with E-state index < -0.39 is 53.7 Å². The number of rotatable bonds is 10. The number of aromatic hydroxyl groups is 1. The van der Waals surface area contributed by atoms with E-state index in [0.29, 0.717) is 18.4 Å². The Labute approximate surface area is 247 Å². The molecule has 228 valence electrons. The zero-order valence-corrected chi connectivity index (χ0v) is 25.3. The van der Waals surface area contributed by atoms with E-state index in [2.05, 4.69) is 10.6 Å². The fourth-order valence-electron chi connectivity index (χ4n) is 4.58. The van der Waals surface area contributed by atoms with Gasteiger partial charge >= 0.3 is 12.1 Å². The van der Waals surface area contributed by atoms with Crippen LogP contribution in [0.25, 0.3) is 0 Å². The number of amides is 3. The number of nitrogens with one attached hydrogen (secondary N) is 2. The second-order valence-corrected chi connectivity index (χ2v) is 12.5. The van der Waals surface area contributed by atoms with E-state index in [-0.39, 0.29) is 18.2 Å². The largest absolute Gasteiger partial charge is 0.508 e. The zero-order valence-electron chi connectivity index (χ0n) is 25.3. The van der Waals surface area contributed by atoms with Crippen LogP contribution in [0.2, 0.25) is 0 Å². The lowest BCUT2D eigenvalue weighted by molar-refractivity contribution is -0.159. The van der Waals surface area contributed by atoms with Gasteiger partial charge in [0.25, 0.3) is 0 Å². The molecule has 3 amide bonds. The molecule has 0 radical (unpaired) electrons. The molecule has 0 aromatic heterocycles. The van der Waals surface area contributed by atoms with Crippen LogP contribution >= 0.6 is 0 Å². The Kier molecular flexibility index (Phi) is 10.6. The van der Waals surface area contributed by atoms with Crippen LogP contribution in [0.3, 0.4) is 0 Å². The van der Waals surface area contributed by atoms with Crippen LogP contribution in [-0.2, 0) is 30.3 Å². The van der Waals surface area contributed by atoms with Gasteiger partial charge in [-0.3, -0.25) is 9.59 Å². The second-order valence-electron chi connectivity index (χ2n) is 12.5. The van der Waals surface area contributed by atoms with E-state index in [0.717, 1.165) is 12.0 Å². The predicted molar refractivity (Wildman–Crippen MR) is 157 cm³/mol. The predicted octanol–water partition coefficient (Wildman–Crippen LogP) is 4.41. The number of carbonyl (C=O) groups excluding carboxylic acids is 4. The van der Waals surface area contributed by atoms with Gasteiger partial charge in [0.2, 0.25) is 11.8 Å². The number of hydrogen-bond donors (Lipinski definition) is 3. The Balaban J connectivity index is 1.95. The summed E-state index contributed by atoms with van der Waals surface area (Å²) < 4.78 is 10.9. The summed E-state index contributed by atoms with van der Waals surface area (Å²) in [6.45, 7) is 9.99. The van der Waals surface area contributed by atoms with Crippen LogP contribution in [0, 0.1) is 0 Å². The van der Waals surface area contributed by atoms with Gasteiger partial charge in [-0.05, 0) is 84.1 Å². The third kappa shape index (κ3) is 9.78. The number of hydrogen-bond acceptors (Lipinski definition) is 7. The molecule has 0 bridgehead atoms. The van der Waals surface area contributed by atoms with Gasteiger partial charge in [0, 0.05) is 12.5 Å². The van der Waals surface area contributed by atoms with Crippen molar-refractivity contribution in [2.24, 2.45) is 0 Å². The van der Waals surface area contributed by atoms with Crippen molar-refractivity contribution in [3.05, 3.63) is 65.7 Å². The molecule has 1 saturated carbocycles. The van der Waals surface area contributed by atoms with Crippen molar-refractivity contribution in [2.45, 2.75) is 96.6 Å². The molecule has 2 atom stereocenters. The molecule has 0 spiro atoms. The lowest BCUT2D eigenvalue weighted by Gasteiger charge is -2.42. The maximum Gasteiger partial charge on any atom is 0.408 e. The maximum absolute atomic E-state index is 14.1.